The second-order valence-electron chi connectivity index (χ2n) is 7.39. The number of thiazole rings is 1. The highest BCUT2D eigenvalue weighted by Gasteiger charge is 2.55. The van der Waals surface area contributed by atoms with Gasteiger partial charge in [0.25, 0.3) is 0 Å². The van der Waals surface area contributed by atoms with E-state index in [-0.39, 0.29) is 18.1 Å². The molecule has 2 bridgehead atoms. The molecule has 27 heavy (non-hydrogen) atoms. The Labute approximate surface area is 161 Å². The summed E-state index contributed by atoms with van der Waals surface area (Å²) >= 11 is 1.40. The summed E-state index contributed by atoms with van der Waals surface area (Å²) in [6, 6.07) is 6.18. The Kier molecular flexibility index (Phi) is 4.52. The van der Waals surface area contributed by atoms with Gasteiger partial charge in [-0.2, -0.15) is 0 Å². The normalized spacial score (nSPS) is 26.3. The average molecular weight is 386 g/mol. The van der Waals surface area contributed by atoms with Gasteiger partial charge in [0, 0.05) is 10.4 Å². The molecule has 7 heteroatoms. The number of nitrogens with zero attached hydrogens (tertiary/aromatic N) is 1. The predicted octanol–water partition coefficient (Wildman–Crippen LogP) is 3.55. The number of carboxylic acid groups (broad SMARTS) is 1. The van der Waals surface area contributed by atoms with Crippen LogP contribution in [0.4, 0.5) is 5.13 Å². The standard InChI is InChI=1S/C20H22N2O4S/c1-9-4-5-12(8-10(9)2)17-11(3)27-20(21-17)22-18(23)15-13-6-7-14(26-13)16(15)19(24)25/h4-5,8,13-16H,6-7H2,1-3H3,(H,24,25)(H,21,22,23)/t13-,14-,15-,16-/m0/s1. The second kappa shape index (κ2) is 6.73. The van der Waals surface area contributed by atoms with Gasteiger partial charge in [-0.05, 0) is 50.8 Å². The maximum Gasteiger partial charge on any atom is 0.310 e. The van der Waals surface area contributed by atoms with Crippen LogP contribution in [0, 0.1) is 32.6 Å². The number of fused-ring (bicyclic) bond motifs is 2. The number of hydrogen-bond donors (Lipinski definition) is 2. The number of benzene rings is 1. The summed E-state index contributed by atoms with van der Waals surface area (Å²) in [4.78, 5) is 30.0. The van der Waals surface area contributed by atoms with E-state index in [1.54, 1.807) is 0 Å². The van der Waals surface area contributed by atoms with Crippen molar-refractivity contribution in [3.63, 3.8) is 0 Å². The topological polar surface area (TPSA) is 88.5 Å². The van der Waals surface area contributed by atoms with Crippen LogP contribution in [0.1, 0.15) is 28.8 Å². The van der Waals surface area contributed by atoms with Gasteiger partial charge in [-0.1, -0.05) is 12.1 Å². The Morgan fingerprint density at radius 1 is 1.15 bits per heavy atom. The van der Waals surface area contributed by atoms with Crippen molar-refractivity contribution in [3.05, 3.63) is 34.2 Å². The highest BCUT2D eigenvalue weighted by Crippen LogP contribution is 2.44. The van der Waals surface area contributed by atoms with E-state index in [2.05, 4.69) is 36.3 Å². The van der Waals surface area contributed by atoms with Gasteiger partial charge in [0.15, 0.2) is 5.13 Å². The fourth-order valence-corrected chi connectivity index (χ4v) is 4.96. The van der Waals surface area contributed by atoms with Crippen LogP contribution >= 0.6 is 11.3 Å². The first-order valence-corrected chi connectivity index (χ1v) is 9.91. The summed E-state index contributed by atoms with van der Waals surface area (Å²) < 4.78 is 5.68. The summed E-state index contributed by atoms with van der Waals surface area (Å²) in [6.07, 6.45) is 0.777. The lowest BCUT2D eigenvalue weighted by Crippen LogP contribution is -2.40. The number of rotatable bonds is 4. The molecular weight excluding hydrogens is 364 g/mol. The molecule has 0 spiro atoms. The number of carboxylic acids is 1. The number of carbonyl (C=O) groups excluding carboxylic acids is 1. The number of amides is 1. The number of carbonyl (C=O) groups is 2. The lowest BCUT2D eigenvalue weighted by molar-refractivity contribution is -0.147. The van der Waals surface area contributed by atoms with E-state index in [0.29, 0.717) is 11.6 Å². The van der Waals surface area contributed by atoms with Gasteiger partial charge in [0.2, 0.25) is 5.91 Å². The lowest BCUT2D eigenvalue weighted by atomic mass is 9.79. The molecule has 1 amide bonds. The molecular formula is C20H22N2O4S. The second-order valence-corrected chi connectivity index (χ2v) is 8.60. The predicted molar refractivity (Wildman–Crippen MR) is 103 cm³/mol. The molecule has 0 aliphatic carbocycles. The van der Waals surface area contributed by atoms with Gasteiger partial charge in [-0.25, -0.2) is 4.98 Å². The van der Waals surface area contributed by atoms with Crippen molar-refractivity contribution in [1.82, 2.24) is 4.98 Å². The summed E-state index contributed by atoms with van der Waals surface area (Å²) in [5.74, 6) is -2.71. The first-order chi connectivity index (χ1) is 12.8. The van der Waals surface area contributed by atoms with Crippen LogP contribution in [0.5, 0.6) is 0 Å². The third-order valence-corrected chi connectivity index (χ3v) is 6.55. The Bertz CT molecular complexity index is 923. The van der Waals surface area contributed by atoms with Crippen LogP contribution in [-0.4, -0.2) is 34.2 Å². The molecule has 3 heterocycles. The molecule has 6 nitrogen and oxygen atoms in total. The summed E-state index contributed by atoms with van der Waals surface area (Å²) in [7, 11) is 0. The molecule has 4 rings (SSSR count). The van der Waals surface area contributed by atoms with Gasteiger partial charge < -0.3 is 15.2 Å². The third kappa shape index (κ3) is 3.15. The average Bonchev–Trinajstić information content (AvgIpc) is 3.31. The van der Waals surface area contributed by atoms with Crippen molar-refractivity contribution in [1.29, 1.82) is 0 Å². The van der Waals surface area contributed by atoms with Crippen LogP contribution in [0.25, 0.3) is 11.3 Å². The number of hydrogen-bond acceptors (Lipinski definition) is 5. The minimum Gasteiger partial charge on any atom is -0.481 e. The van der Waals surface area contributed by atoms with Gasteiger partial charge in [-0.15, -0.1) is 11.3 Å². The van der Waals surface area contributed by atoms with Gasteiger partial charge in [0.1, 0.15) is 0 Å². The van der Waals surface area contributed by atoms with Crippen molar-refractivity contribution in [2.45, 2.75) is 45.8 Å². The Morgan fingerprint density at radius 3 is 2.52 bits per heavy atom. The van der Waals surface area contributed by atoms with Crippen LogP contribution in [0.15, 0.2) is 18.2 Å². The molecule has 2 aromatic rings. The minimum atomic E-state index is -0.964. The highest BCUT2D eigenvalue weighted by atomic mass is 32.1. The van der Waals surface area contributed by atoms with Crippen molar-refractivity contribution in [2.75, 3.05) is 5.32 Å². The van der Waals surface area contributed by atoms with E-state index in [0.717, 1.165) is 22.6 Å². The van der Waals surface area contributed by atoms with Crippen LogP contribution < -0.4 is 5.32 Å². The molecule has 2 fully saturated rings. The van der Waals surface area contributed by atoms with E-state index in [1.807, 2.05) is 13.0 Å². The molecule has 1 aromatic heterocycles. The van der Waals surface area contributed by atoms with Gasteiger partial charge >= 0.3 is 5.97 Å². The number of aliphatic carboxylic acids is 1. The van der Waals surface area contributed by atoms with E-state index in [9.17, 15) is 14.7 Å². The monoisotopic (exact) mass is 386 g/mol. The molecule has 2 N–H and O–H groups in total. The SMILES string of the molecule is Cc1ccc(-c2nc(NC(=O)[C@@H]3[C@@H](C(=O)O)[C@@H]4CC[C@@H]3O4)sc2C)cc1C. The summed E-state index contributed by atoms with van der Waals surface area (Å²) in [5.41, 5.74) is 4.27. The molecule has 2 aliphatic rings. The fraction of sp³-hybridized carbons (Fsp3) is 0.450. The first-order valence-electron chi connectivity index (χ1n) is 9.09. The van der Waals surface area contributed by atoms with E-state index >= 15 is 0 Å². The number of anilines is 1. The number of aromatic nitrogens is 1. The smallest absolute Gasteiger partial charge is 0.310 e. The zero-order valence-corrected chi connectivity index (χ0v) is 16.3. The fourth-order valence-electron chi connectivity index (χ4n) is 4.12. The van der Waals surface area contributed by atoms with Crippen LogP contribution in [0.3, 0.4) is 0 Å². The molecule has 142 valence electrons. The van der Waals surface area contributed by atoms with Gasteiger partial charge in [0.05, 0.1) is 29.7 Å². The van der Waals surface area contributed by atoms with Crippen molar-refractivity contribution >= 4 is 28.3 Å². The first kappa shape index (κ1) is 18.1. The van der Waals surface area contributed by atoms with Gasteiger partial charge in [-0.3, -0.25) is 9.59 Å². The van der Waals surface area contributed by atoms with E-state index in [4.69, 9.17) is 4.74 Å². The third-order valence-electron chi connectivity index (χ3n) is 5.67. The summed E-state index contributed by atoms with van der Waals surface area (Å²) in [6.45, 7) is 6.10. The Balaban J connectivity index is 1.56. The van der Waals surface area contributed by atoms with E-state index < -0.39 is 17.8 Å². The largest absolute Gasteiger partial charge is 0.481 e. The molecule has 2 aliphatic heterocycles. The maximum absolute atomic E-state index is 12.8. The quantitative estimate of drug-likeness (QED) is 0.839. The maximum atomic E-state index is 12.8. The summed E-state index contributed by atoms with van der Waals surface area (Å²) in [5, 5.41) is 12.8. The van der Waals surface area contributed by atoms with E-state index in [1.165, 1.54) is 22.5 Å². The number of nitrogens with one attached hydrogen (secondary N) is 1. The molecule has 4 atom stereocenters. The number of aryl methyl sites for hydroxylation is 3. The Hall–Kier alpha value is -2.25. The number of ether oxygens (including phenoxy) is 1. The Morgan fingerprint density at radius 2 is 1.85 bits per heavy atom. The lowest BCUT2D eigenvalue weighted by Gasteiger charge is -2.23. The molecule has 1 aromatic carbocycles. The molecule has 0 saturated carbocycles. The molecule has 0 unspecified atom stereocenters. The van der Waals surface area contributed by atoms with Crippen molar-refractivity contribution in [3.8, 4) is 11.3 Å². The zero-order chi connectivity index (χ0) is 19.3. The molecule has 0 radical (unpaired) electrons. The van der Waals surface area contributed by atoms with Crippen LogP contribution in [-0.2, 0) is 14.3 Å². The van der Waals surface area contributed by atoms with Crippen LogP contribution in [0.2, 0.25) is 0 Å². The minimum absolute atomic E-state index is 0.309. The van der Waals surface area contributed by atoms with Crippen molar-refractivity contribution in [2.24, 2.45) is 11.8 Å². The van der Waals surface area contributed by atoms with Crippen molar-refractivity contribution < 1.29 is 19.4 Å². The highest BCUT2D eigenvalue weighted by molar-refractivity contribution is 7.16. The molecule has 2 saturated heterocycles. The zero-order valence-electron chi connectivity index (χ0n) is 15.5.